The number of alkyl carbamates (subject to hydrolysis) is 1. The molecule has 2 amide bonds. The summed E-state index contributed by atoms with van der Waals surface area (Å²) in [6.07, 6.45) is 0.590. The average Bonchev–Trinajstić information content (AvgIpc) is 3.11. The molecular weight excluding hydrogens is 424 g/mol. The minimum absolute atomic E-state index is 0.0109. The van der Waals surface area contributed by atoms with Gasteiger partial charge in [0.15, 0.2) is 0 Å². The lowest BCUT2D eigenvalue weighted by atomic mass is 9.98. The number of aliphatic hydroxyl groups excluding tert-OH is 1. The largest absolute Gasteiger partial charge is 0.480 e. The molecule has 0 aromatic heterocycles. The molecule has 0 aliphatic heterocycles. The number of carboxylic acid groups (broad SMARTS) is 1. The first-order chi connectivity index (χ1) is 15.9. The molecule has 0 heterocycles. The van der Waals surface area contributed by atoms with E-state index in [-0.39, 0.29) is 38.0 Å². The molecule has 0 saturated carbocycles. The van der Waals surface area contributed by atoms with Crippen LogP contribution in [0.4, 0.5) is 4.79 Å². The number of carbonyl (C=O) groups is 3. The van der Waals surface area contributed by atoms with Crippen molar-refractivity contribution in [1.29, 1.82) is 0 Å². The van der Waals surface area contributed by atoms with Crippen LogP contribution in [0.15, 0.2) is 48.5 Å². The van der Waals surface area contributed by atoms with Crippen LogP contribution in [-0.4, -0.2) is 53.5 Å². The Kier molecular flexibility index (Phi) is 8.43. The quantitative estimate of drug-likeness (QED) is 0.414. The van der Waals surface area contributed by atoms with Crippen LogP contribution in [0.1, 0.15) is 49.7 Å². The number of rotatable bonds is 11. The predicted octanol–water partition coefficient (Wildman–Crippen LogP) is 3.04. The molecule has 33 heavy (non-hydrogen) atoms. The number of amides is 2. The highest BCUT2D eigenvalue weighted by molar-refractivity contribution is 5.83. The van der Waals surface area contributed by atoms with Gasteiger partial charge in [-0.25, -0.2) is 9.59 Å². The van der Waals surface area contributed by atoms with Crippen LogP contribution in [0.25, 0.3) is 11.1 Å². The summed E-state index contributed by atoms with van der Waals surface area (Å²) in [5, 5.41) is 23.1. The molecule has 2 aromatic carbocycles. The molecule has 3 rings (SSSR count). The van der Waals surface area contributed by atoms with E-state index < -0.39 is 24.0 Å². The Morgan fingerprint density at radius 1 is 0.970 bits per heavy atom. The second-order valence-electron chi connectivity index (χ2n) is 8.23. The van der Waals surface area contributed by atoms with Crippen molar-refractivity contribution in [3.63, 3.8) is 0 Å². The fourth-order valence-electron chi connectivity index (χ4n) is 4.14. The van der Waals surface area contributed by atoms with Crippen LogP contribution >= 0.6 is 0 Å². The van der Waals surface area contributed by atoms with E-state index in [0.717, 1.165) is 22.3 Å². The fourth-order valence-corrected chi connectivity index (χ4v) is 4.14. The van der Waals surface area contributed by atoms with Gasteiger partial charge in [0.2, 0.25) is 5.91 Å². The van der Waals surface area contributed by atoms with Gasteiger partial charge in [0.05, 0.1) is 0 Å². The van der Waals surface area contributed by atoms with Gasteiger partial charge in [0.1, 0.15) is 12.6 Å². The Morgan fingerprint density at radius 3 is 2.15 bits per heavy atom. The first-order valence-electron chi connectivity index (χ1n) is 11.1. The van der Waals surface area contributed by atoms with E-state index in [1.165, 1.54) is 0 Å². The summed E-state index contributed by atoms with van der Waals surface area (Å²) in [5.74, 6) is -1.59. The summed E-state index contributed by atoms with van der Waals surface area (Å²) < 4.78 is 5.53. The summed E-state index contributed by atoms with van der Waals surface area (Å²) in [7, 11) is 0. The standard InChI is InChI=1S/C25H30N2O6/c1-16(7-6-12-23(29)27-22(13-14-28)24(30)31)26-25(32)33-15-21-19-10-4-2-8-17(19)18-9-3-5-11-20(18)21/h2-5,8-11,16,21-22,28H,6-7,12-15H2,1H3,(H,26,32)(H,27,29)(H,30,31). The van der Waals surface area contributed by atoms with Gasteiger partial charge in [-0.1, -0.05) is 48.5 Å². The molecule has 2 unspecified atom stereocenters. The van der Waals surface area contributed by atoms with E-state index in [0.29, 0.717) is 12.8 Å². The Hall–Kier alpha value is -3.39. The smallest absolute Gasteiger partial charge is 0.407 e. The maximum atomic E-state index is 12.3. The topological polar surface area (TPSA) is 125 Å². The molecule has 4 N–H and O–H groups in total. The summed E-state index contributed by atoms with van der Waals surface area (Å²) >= 11 is 0. The number of aliphatic hydroxyl groups is 1. The molecule has 2 aromatic rings. The molecule has 1 aliphatic rings. The maximum absolute atomic E-state index is 12.3. The van der Waals surface area contributed by atoms with Gasteiger partial charge < -0.3 is 25.6 Å². The molecule has 0 fully saturated rings. The molecule has 1 aliphatic carbocycles. The number of hydrogen-bond acceptors (Lipinski definition) is 5. The van der Waals surface area contributed by atoms with E-state index in [4.69, 9.17) is 14.9 Å². The maximum Gasteiger partial charge on any atom is 0.407 e. The van der Waals surface area contributed by atoms with Crippen molar-refractivity contribution < 1.29 is 29.3 Å². The SMILES string of the molecule is CC(CCCC(=O)NC(CCO)C(=O)O)NC(=O)OCC1c2ccccc2-c2ccccc21. The van der Waals surface area contributed by atoms with Gasteiger partial charge in [-0.05, 0) is 42.0 Å². The van der Waals surface area contributed by atoms with Gasteiger partial charge in [0.25, 0.3) is 0 Å². The first kappa shape index (κ1) is 24.3. The molecule has 0 spiro atoms. The lowest BCUT2D eigenvalue weighted by Gasteiger charge is -2.17. The van der Waals surface area contributed by atoms with E-state index in [1.807, 2.05) is 31.2 Å². The fraction of sp³-hybridized carbons (Fsp3) is 0.400. The highest BCUT2D eigenvalue weighted by Gasteiger charge is 2.29. The van der Waals surface area contributed by atoms with E-state index in [9.17, 15) is 14.4 Å². The van der Waals surface area contributed by atoms with Crippen LogP contribution < -0.4 is 10.6 Å². The first-order valence-corrected chi connectivity index (χ1v) is 11.1. The second kappa shape index (κ2) is 11.5. The molecule has 176 valence electrons. The number of hydrogen-bond donors (Lipinski definition) is 4. The number of ether oxygens (including phenoxy) is 1. The molecular formula is C25H30N2O6. The van der Waals surface area contributed by atoms with E-state index in [2.05, 4.69) is 34.9 Å². The zero-order chi connectivity index (χ0) is 23.8. The van der Waals surface area contributed by atoms with Gasteiger partial charge in [-0.2, -0.15) is 0 Å². The van der Waals surface area contributed by atoms with Crippen molar-refractivity contribution in [2.45, 2.75) is 50.6 Å². The van der Waals surface area contributed by atoms with Crippen LogP contribution in [0, 0.1) is 0 Å². The Labute approximate surface area is 193 Å². The van der Waals surface area contributed by atoms with Crippen molar-refractivity contribution in [2.24, 2.45) is 0 Å². The van der Waals surface area contributed by atoms with E-state index in [1.54, 1.807) is 0 Å². The van der Waals surface area contributed by atoms with Gasteiger partial charge in [-0.15, -0.1) is 0 Å². The highest BCUT2D eigenvalue weighted by Crippen LogP contribution is 2.44. The van der Waals surface area contributed by atoms with Gasteiger partial charge >= 0.3 is 12.1 Å². The van der Waals surface area contributed by atoms with Crippen LogP contribution in [-0.2, 0) is 14.3 Å². The predicted molar refractivity (Wildman–Crippen MR) is 123 cm³/mol. The summed E-state index contributed by atoms with van der Waals surface area (Å²) in [4.78, 5) is 35.3. The lowest BCUT2D eigenvalue weighted by Crippen LogP contribution is -2.41. The molecule has 8 heteroatoms. The zero-order valence-electron chi connectivity index (χ0n) is 18.6. The van der Waals surface area contributed by atoms with Gasteiger partial charge in [-0.3, -0.25) is 4.79 Å². The van der Waals surface area contributed by atoms with Gasteiger partial charge in [0, 0.05) is 31.4 Å². The summed E-state index contributed by atoms with van der Waals surface area (Å²) in [6.45, 7) is 1.74. The number of aliphatic carboxylic acids is 1. The molecule has 0 saturated heterocycles. The highest BCUT2D eigenvalue weighted by atomic mass is 16.5. The number of fused-ring (bicyclic) bond motifs is 3. The Morgan fingerprint density at radius 2 is 1.58 bits per heavy atom. The van der Waals surface area contributed by atoms with Crippen LogP contribution in [0.2, 0.25) is 0 Å². The minimum atomic E-state index is -1.18. The van der Waals surface area contributed by atoms with Crippen molar-refractivity contribution in [3.05, 3.63) is 59.7 Å². The number of nitrogens with one attached hydrogen (secondary N) is 2. The van der Waals surface area contributed by atoms with Crippen LogP contribution in [0.3, 0.4) is 0 Å². The molecule has 8 nitrogen and oxygen atoms in total. The number of carbonyl (C=O) groups excluding carboxylic acids is 2. The zero-order valence-corrected chi connectivity index (χ0v) is 18.6. The van der Waals surface area contributed by atoms with Crippen molar-refractivity contribution in [3.8, 4) is 11.1 Å². The van der Waals surface area contributed by atoms with E-state index >= 15 is 0 Å². The van der Waals surface area contributed by atoms with Crippen molar-refractivity contribution in [1.82, 2.24) is 10.6 Å². The third-order valence-corrected chi connectivity index (χ3v) is 5.80. The molecule has 0 radical (unpaired) electrons. The third-order valence-electron chi connectivity index (χ3n) is 5.80. The Bertz CT molecular complexity index is 947. The Balaban J connectivity index is 1.42. The van der Waals surface area contributed by atoms with Crippen molar-refractivity contribution >= 4 is 18.0 Å². The lowest BCUT2D eigenvalue weighted by molar-refractivity contribution is -0.142. The monoisotopic (exact) mass is 454 g/mol. The number of benzene rings is 2. The van der Waals surface area contributed by atoms with Crippen LogP contribution in [0.5, 0.6) is 0 Å². The molecule has 0 bridgehead atoms. The second-order valence-corrected chi connectivity index (χ2v) is 8.23. The normalized spacial score (nSPS) is 14.0. The summed E-state index contributed by atoms with van der Waals surface area (Å²) in [6, 6.07) is 14.9. The number of carboxylic acids is 1. The summed E-state index contributed by atoms with van der Waals surface area (Å²) in [5.41, 5.74) is 4.62. The molecule has 2 atom stereocenters. The average molecular weight is 455 g/mol. The third kappa shape index (κ3) is 6.32. The van der Waals surface area contributed by atoms with Crippen molar-refractivity contribution in [2.75, 3.05) is 13.2 Å². The minimum Gasteiger partial charge on any atom is -0.480 e.